The van der Waals surface area contributed by atoms with Crippen molar-refractivity contribution in [3.05, 3.63) is 0 Å². The Hall–Kier alpha value is -0.120. The van der Waals surface area contributed by atoms with Crippen LogP contribution in [0, 0.1) is 0 Å². The Balaban J connectivity index is 3.56. The fraction of sp³-hybridized carbons (Fsp3) is 1.00. The summed E-state index contributed by atoms with van der Waals surface area (Å²) in [6, 6.07) is 0.386. The van der Waals surface area contributed by atoms with Crippen LogP contribution in [0.15, 0.2) is 0 Å². The van der Waals surface area contributed by atoms with E-state index >= 15 is 0 Å². The maximum atomic E-state index is 8.63. The molecule has 3 nitrogen and oxygen atoms in total. The number of nitrogens with two attached hydrogens (primary N) is 1. The molecule has 0 saturated heterocycles. The number of nitrogens with zero attached hydrogens (tertiary/aromatic N) is 1. The normalized spacial score (nSPS) is 14.1. The maximum absolute atomic E-state index is 8.63. The largest absolute Gasteiger partial charge is 0.395 e. The summed E-state index contributed by atoms with van der Waals surface area (Å²) >= 11 is 0. The molecule has 3 N–H and O–H groups in total. The van der Waals surface area contributed by atoms with Gasteiger partial charge in [0.1, 0.15) is 0 Å². The molecule has 0 fully saturated rings. The monoisotopic (exact) mass is 146 g/mol. The van der Waals surface area contributed by atoms with Crippen LogP contribution in [0.3, 0.4) is 0 Å². The van der Waals surface area contributed by atoms with Crippen LogP contribution in [0.5, 0.6) is 0 Å². The molecule has 62 valence electrons. The van der Waals surface area contributed by atoms with Crippen LogP contribution in [0.25, 0.3) is 0 Å². The van der Waals surface area contributed by atoms with E-state index in [0.717, 1.165) is 13.1 Å². The Bertz CT molecular complexity index is 78.0. The molecule has 0 aromatic heterocycles. The summed E-state index contributed by atoms with van der Waals surface area (Å²) in [5, 5.41) is 8.63. The fourth-order valence-corrected chi connectivity index (χ4v) is 0.968. The first-order valence-electron chi connectivity index (χ1n) is 3.81. The van der Waals surface area contributed by atoms with Gasteiger partial charge in [0.25, 0.3) is 0 Å². The molecular weight excluding hydrogens is 128 g/mol. The van der Waals surface area contributed by atoms with E-state index in [1.165, 1.54) is 0 Å². The minimum absolute atomic E-state index is 0.220. The van der Waals surface area contributed by atoms with Crippen LogP contribution in [0.2, 0.25) is 0 Å². The molecule has 0 saturated carbocycles. The Labute approximate surface area is 62.8 Å². The number of aliphatic hydroxyl groups excluding tert-OH is 1. The van der Waals surface area contributed by atoms with Crippen molar-refractivity contribution in [2.24, 2.45) is 5.73 Å². The molecule has 1 unspecified atom stereocenters. The first-order valence-corrected chi connectivity index (χ1v) is 3.81. The highest BCUT2D eigenvalue weighted by molar-refractivity contribution is 4.65. The van der Waals surface area contributed by atoms with Gasteiger partial charge in [-0.05, 0) is 13.5 Å². The molecule has 0 radical (unpaired) electrons. The van der Waals surface area contributed by atoms with E-state index < -0.39 is 0 Å². The number of rotatable bonds is 5. The lowest BCUT2D eigenvalue weighted by molar-refractivity contribution is 0.168. The van der Waals surface area contributed by atoms with Crippen LogP contribution >= 0.6 is 0 Å². The smallest absolute Gasteiger partial charge is 0.0558 e. The highest BCUT2D eigenvalue weighted by Gasteiger charge is 2.07. The van der Waals surface area contributed by atoms with Gasteiger partial charge in [-0.15, -0.1) is 0 Å². The maximum Gasteiger partial charge on any atom is 0.0558 e. The number of likely N-dealkylation sites (N-methyl/N-ethyl adjacent to an activating group) is 1. The highest BCUT2D eigenvalue weighted by atomic mass is 16.3. The quantitative estimate of drug-likeness (QED) is 0.557. The van der Waals surface area contributed by atoms with Crippen LogP contribution in [0.1, 0.15) is 13.8 Å². The van der Waals surface area contributed by atoms with Gasteiger partial charge in [-0.2, -0.15) is 0 Å². The van der Waals surface area contributed by atoms with E-state index in [2.05, 4.69) is 18.7 Å². The molecule has 0 aromatic carbocycles. The van der Waals surface area contributed by atoms with Crippen molar-refractivity contribution in [2.45, 2.75) is 19.9 Å². The average Bonchev–Trinajstić information content (AvgIpc) is 1.99. The number of aliphatic hydroxyl groups is 1. The lowest BCUT2D eigenvalue weighted by Crippen LogP contribution is -2.39. The summed E-state index contributed by atoms with van der Waals surface area (Å²) in [6.45, 7) is 6.71. The Kier molecular flexibility index (Phi) is 5.58. The fourth-order valence-electron chi connectivity index (χ4n) is 0.968. The van der Waals surface area contributed by atoms with Gasteiger partial charge >= 0.3 is 0 Å². The molecule has 0 bridgehead atoms. The third kappa shape index (κ3) is 3.15. The van der Waals surface area contributed by atoms with E-state index in [0.29, 0.717) is 12.6 Å². The van der Waals surface area contributed by atoms with E-state index in [9.17, 15) is 0 Å². The van der Waals surface area contributed by atoms with Crippen molar-refractivity contribution in [1.82, 2.24) is 4.90 Å². The summed E-state index contributed by atoms with van der Waals surface area (Å²) in [6.07, 6.45) is 0. The van der Waals surface area contributed by atoms with Crippen molar-refractivity contribution in [3.63, 3.8) is 0 Å². The summed E-state index contributed by atoms with van der Waals surface area (Å²) in [4.78, 5) is 2.15. The van der Waals surface area contributed by atoms with Crippen LogP contribution < -0.4 is 5.73 Å². The summed E-state index contributed by atoms with van der Waals surface area (Å²) in [5.41, 5.74) is 5.46. The summed E-state index contributed by atoms with van der Waals surface area (Å²) < 4.78 is 0. The van der Waals surface area contributed by atoms with Gasteiger partial charge in [-0.1, -0.05) is 6.92 Å². The van der Waals surface area contributed by atoms with Gasteiger partial charge in [-0.25, -0.2) is 0 Å². The van der Waals surface area contributed by atoms with Gasteiger partial charge in [0.2, 0.25) is 0 Å². The van der Waals surface area contributed by atoms with Crippen molar-refractivity contribution < 1.29 is 5.11 Å². The Morgan fingerprint density at radius 1 is 1.60 bits per heavy atom. The van der Waals surface area contributed by atoms with Crippen LogP contribution in [-0.4, -0.2) is 42.3 Å². The standard InChI is InChI=1S/C7H18N2O/c1-3-9(4-5-10)7(2)6-8/h7,10H,3-6,8H2,1-2H3. The lowest BCUT2D eigenvalue weighted by atomic mass is 10.3. The molecule has 0 spiro atoms. The van der Waals surface area contributed by atoms with Crippen molar-refractivity contribution in [2.75, 3.05) is 26.2 Å². The second-order valence-electron chi connectivity index (χ2n) is 2.44. The van der Waals surface area contributed by atoms with E-state index in [1.807, 2.05) is 0 Å². The molecule has 0 heterocycles. The molecule has 0 rings (SSSR count). The molecule has 0 aliphatic carbocycles. The first-order chi connectivity index (χ1) is 4.76. The zero-order chi connectivity index (χ0) is 7.98. The minimum atomic E-state index is 0.220. The minimum Gasteiger partial charge on any atom is -0.395 e. The van der Waals surface area contributed by atoms with E-state index in [-0.39, 0.29) is 6.61 Å². The number of hydrogen-bond acceptors (Lipinski definition) is 3. The van der Waals surface area contributed by atoms with Crippen molar-refractivity contribution in [3.8, 4) is 0 Å². The van der Waals surface area contributed by atoms with Crippen LogP contribution in [0.4, 0.5) is 0 Å². The molecule has 0 amide bonds. The molecule has 0 aromatic rings. The zero-order valence-electron chi connectivity index (χ0n) is 6.88. The highest BCUT2D eigenvalue weighted by Crippen LogP contribution is 1.94. The average molecular weight is 146 g/mol. The molecule has 3 heteroatoms. The lowest BCUT2D eigenvalue weighted by Gasteiger charge is -2.25. The van der Waals surface area contributed by atoms with Crippen molar-refractivity contribution >= 4 is 0 Å². The predicted molar refractivity (Wildman–Crippen MR) is 42.8 cm³/mol. The number of hydrogen-bond donors (Lipinski definition) is 2. The van der Waals surface area contributed by atoms with Crippen LogP contribution in [-0.2, 0) is 0 Å². The Morgan fingerprint density at radius 3 is 2.50 bits per heavy atom. The predicted octanol–water partition coefficient (Wildman–Crippen LogP) is -0.352. The second-order valence-corrected chi connectivity index (χ2v) is 2.44. The molecule has 10 heavy (non-hydrogen) atoms. The SMILES string of the molecule is CCN(CCO)C(C)CN. The van der Waals surface area contributed by atoms with Crippen molar-refractivity contribution in [1.29, 1.82) is 0 Å². The molecule has 1 atom stereocenters. The van der Waals surface area contributed by atoms with Gasteiger partial charge in [0.05, 0.1) is 6.61 Å². The molecule has 0 aliphatic rings. The van der Waals surface area contributed by atoms with Gasteiger partial charge in [-0.3, -0.25) is 4.90 Å². The summed E-state index contributed by atoms with van der Waals surface area (Å²) in [7, 11) is 0. The van der Waals surface area contributed by atoms with E-state index in [4.69, 9.17) is 10.8 Å². The third-order valence-corrected chi connectivity index (χ3v) is 1.76. The first kappa shape index (κ1) is 9.88. The third-order valence-electron chi connectivity index (χ3n) is 1.76. The topological polar surface area (TPSA) is 49.5 Å². The van der Waals surface area contributed by atoms with E-state index in [1.54, 1.807) is 0 Å². The van der Waals surface area contributed by atoms with Gasteiger partial charge in [0, 0.05) is 19.1 Å². The molecular formula is C7H18N2O. The molecule has 0 aliphatic heterocycles. The second kappa shape index (κ2) is 5.65. The Morgan fingerprint density at radius 2 is 2.20 bits per heavy atom. The zero-order valence-corrected chi connectivity index (χ0v) is 6.88. The summed E-state index contributed by atoms with van der Waals surface area (Å²) in [5.74, 6) is 0. The van der Waals surface area contributed by atoms with Gasteiger partial charge < -0.3 is 10.8 Å². The van der Waals surface area contributed by atoms with Gasteiger partial charge in [0.15, 0.2) is 0 Å².